The summed E-state index contributed by atoms with van der Waals surface area (Å²) in [5, 5.41) is 7.30. The Morgan fingerprint density at radius 2 is 1.82 bits per heavy atom. The van der Waals surface area contributed by atoms with Gasteiger partial charge in [-0.1, -0.05) is 35.9 Å². The molecule has 40 heavy (non-hydrogen) atoms. The van der Waals surface area contributed by atoms with Crippen LogP contribution in [-0.4, -0.2) is 34.3 Å². The molecule has 0 aliphatic carbocycles. The zero-order valence-corrected chi connectivity index (χ0v) is 24.7. The van der Waals surface area contributed by atoms with Crippen LogP contribution in [0, 0.1) is 27.7 Å². The minimum Gasteiger partial charge on any atom is -0.375 e. The number of ether oxygens (including phenoxy) is 1. The van der Waals surface area contributed by atoms with Gasteiger partial charge in [-0.15, -0.1) is 0 Å². The van der Waals surface area contributed by atoms with Crippen molar-refractivity contribution in [2.75, 3.05) is 23.9 Å². The summed E-state index contributed by atoms with van der Waals surface area (Å²) in [6.07, 6.45) is 1.80. The van der Waals surface area contributed by atoms with E-state index in [0.29, 0.717) is 15.8 Å². The van der Waals surface area contributed by atoms with Crippen molar-refractivity contribution in [3.63, 3.8) is 0 Å². The Bertz CT molecular complexity index is 1570. The van der Waals surface area contributed by atoms with Crippen LogP contribution >= 0.6 is 23.8 Å². The lowest BCUT2D eigenvalue weighted by Crippen LogP contribution is -2.29. The number of methoxy groups -OCH3 is 1. The number of nitrogens with zero attached hydrogens (tertiary/aromatic N) is 3. The molecule has 1 fully saturated rings. The molecule has 2 aromatic carbocycles. The van der Waals surface area contributed by atoms with Crippen molar-refractivity contribution in [2.24, 2.45) is 0 Å². The van der Waals surface area contributed by atoms with E-state index in [1.165, 1.54) is 23.9 Å². The molecule has 2 aromatic heterocycles. The molecule has 1 saturated heterocycles. The number of anilines is 2. The first-order chi connectivity index (χ1) is 19.2. The van der Waals surface area contributed by atoms with E-state index in [2.05, 4.69) is 77.0 Å². The minimum atomic E-state index is -0.275. The summed E-state index contributed by atoms with van der Waals surface area (Å²) in [5.41, 5.74) is 9.24. The Balaban J connectivity index is 1.63. The van der Waals surface area contributed by atoms with Gasteiger partial charge in [0.1, 0.15) is 6.61 Å². The summed E-state index contributed by atoms with van der Waals surface area (Å²) in [6.45, 7) is 8.53. The molecule has 2 N–H and O–H groups in total. The van der Waals surface area contributed by atoms with E-state index >= 15 is 0 Å². The van der Waals surface area contributed by atoms with E-state index in [1.807, 2.05) is 30.3 Å². The summed E-state index contributed by atoms with van der Waals surface area (Å²) >= 11 is 12.6. The molecule has 0 bridgehead atoms. The van der Waals surface area contributed by atoms with Gasteiger partial charge in [-0.25, -0.2) is 0 Å². The summed E-state index contributed by atoms with van der Waals surface area (Å²) in [5.74, 6) is -0.275. The fourth-order valence-electron chi connectivity index (χ4n) is 5.61. The lowest BCUT2D eigenvalue weighted by molar-refractivity contribution is -0.119. The van der Waals surface area contributed by atoms with Crippen LogP contribution in [0.4, 0.5) is 11.4 Å². The molecule has 4 aromatic rings. The van der Waals surface area contributed by atoms with Crippen molar-refractivity contribution in [2.45, 2.75) is 39.8 Å². The third-order valence-corrected chi connectivity index (χ3v) is 7.96. The van der Waals surface area contributed by atoms with E-state index < -0.39 is 0 Å². The molecule has 2 atom stereocenters. The fourth-order valence-corrected chi connectivity index (χ4v) is 6.18. The average molecular weight is 574 g/mol. The van der Waals surface area contributed by atoms with Crippen molar-refractivity contribution in [3.05, 3.63) is 106 Å². The SMILES string of the molecule is COCC(=O)Nc1ccc(N2C(=S)N[C@H](c3ccccn3)[C@@H]2c2cc(C)n(-c3c(C)cccc3C)c2C)cc1Cl. The Morgan fingerprint density at radius 3 is 2.48 bits per heavy atom. The van der Waals surface area contributed by atoms with Gasteiger partial charge in [0.2, 0.25) is 5.91 Å². The maximum absolute atomic E-state index is 12.1. The number of benzene rings is 2. The number of hydrogen-bond acceptors (Lipinski definition) is 4. The van der Waals surface area contributed by atoms with E-state index in [-0.39, 0.29) is 24.6 Å². The number of carbonyl (C=O) groups is 1. The van der Waals surface area contributed by atoms with Crippen molar-refractivity contribution >= 4 is 46.2 Å². The van der Waals surface area contributed by atoms with Crippen LogP contribution in [0.1, 0.15) is 45.9 Å². The van der Waals surface area contributed by atoms with Crippen LogP contribution in [0.5, 0.6) is 0 Å². The molecule has 5 rings (SSSR count). The Kier molecular flexibility index (Phi) is 7.94. The van der Waals surface area contributed by atoms with E-state index in [4.69, 9.17) is 28.6 Å². The highest BCUT2D eigenvalue weighted by atomic mass is 35.5. The van der Waals surface area contributed by atoms with Gasteiger partial charge in [-0.2, -0.15) is 0 Å². The van der Waals surface area contributed by atoms with Gasteiger partial charge >= 0.3 is 0 Å². The Morgan fingerprint density at radius 1 is 1.07 bits per heavy atom. The molecule has 0 spiro atoms. The highest BCUT2D eigenvalue weighted by Crippen LogP contribution is 2.45. The molecule has 3 heterocycles. The van der Waals surface area contributed by atoms with Crippen LogP contribution in [-0.2, 0) is 9.53 Å². The summed E-state index contributed by atoms with van der Waals surface area (Å²) < 4.78 is 7.25. The van der Waals surface area contributed by atoms with Gasteiger partial charge < -0.3 is 24.8 Å². The first-order valence-corrected chi connectivity index (χ1v) is 13.8. The average Bonchev–Trinajstić information content (AvgIpc) is 3.41. The fraction of sp³-hybridized carbons (Fsp3) is 0.258. The lowest BCUT2D eigenvalue weighted by Gasteiger charge is -2.29. The Labute approximate surface area is 245 Å². The third kappa shape index (κ3) is 5.10. The first kappa shape index (κ1) is 27.8. The predicted molar refractivity (Wildman–Crippen MR) is 165 cm³/mol. The number of hydrogen-bond donors (Lipinski definition) is 2. The first-order valence-electron chi connectivity index (χ1n) is 13.1. The molecule has 0 unspecified atom stereocenters. The second kappa shape index (κ2) is 11.4. The Hall–Kier alpha value is -3.72. The maximum Gasteiger partial charge on any atom is 0.250 e. The van der Waals surface area contributed by atoms with Crippen molar-refractivity contribution < 1.29 is 9.53 Å². The quantitative estimate of drug-likeness (QED) is 0.245. The zero-order chi connectivity index (χ0) is 28.6. The molecular weight excluding hydrogens is 542 g/mol. The summed E-state index contributed by atoms with van der Waals surface area (Å²) in [7, 11) is 1.47. The minimum absolute atomic E-state index is 0.0536. The topological polar surface area (TPSA) is 71.4 Å². The van der Waals surface area contributed by atoms with Crippen LogP contribution in [0.15, 0.2) is 66.9 Å². The number of aryl methyl sites for hydroxylation is 3. The molecule has 9 heteroatoms. The molecule has 0 radical (unpaired) electrons. The number of carbonyl (C=O) groups excluding carboxylic acids is 1. The summed E-state index contributed by atoms with van der Waals surface area (Å²) in [6, 6.07) is 19.7. The van der Waals surface area contributed by atoms with Gasteiger partial charge in [-0.3, -0.25) is 9.78 Å². The van der Waals surface area contributed by atoms with Crippen molar-refractivity contribution in [3.8, 4) is 5.69 Å². The van der Waals surface area contributed by atoms with Crippen molar-refractivity contribution in [1.82, 2.24) is 14.9 Å². The van der Waals surface area contributed by atoms with E-state index in [1.54, 1.807) is 12.3 Å². The molecule has 1 amide bonds. The predicted octanol–water partition coefficient (Wildman–Crippen LogP) is 6.52. The number of amides is 1. The van der Waals surface area contributed by atoms with Gasteiger partial charge in [0.25, 0.3) is 0 Å². The summed E-state index contributed by atoms with van der Waals surface area (Å²) in [4.78, 5) is 18.9. The second-order valence-corrected chi connectivity index (χ2v) is 10.8. The molecule has 1 aliphatic rings. The lowest BCUT2D eigenvalue weighted by atomic mass is 9.96. The highest BCUT2D eigenvalue weighted by Gasteiger charge is 2.42. The molecule has 206 valence electrons. The van der Waals surface area contributed by atoms with Crippen LogP contribution in [0.3, 0.4) is 0 Å². The van der Waals surface area contributed by atoms with E-state index in [9.17, 15) is 4.79 Å². The van der Waals surface area contributed by atoms with Crippen LogP contribution in [0.25, 0.3) is 5.69 Å². The monoisotopic (exact) mass is 573 g/mol. The standard InChI is InChI=1S/C31H32ClN5O2S/c1-18-9-8-10-19(2)29(18)36-20(3)15-23(21(36)4)30-28(26-11-6-7-14-33-26)35-31(40)37(30)22-12-13-25(24(32)16-22)34-27(38)17-39-5/h6-16,28,30H,17H2,1-5H3,(H,34,38)(H,35,40)/t28-,30+/m1/s1. The number of nitrogens with one attached hydrogen (secondary N) is 2. The smallest absolute Gasteiger partial charge is 0.250 e. The van der Waals surface area contributed by atoms with Gasteiger partial charge in [0, 0.05) is 30.4 Å². The molecular formula is C31H32ClN5O2S. The van der Waals surface area contributed by atoms with Gasteiger partial charge in [-0.05, 0) is 93.0 Å². The number of pyridine rings is 1. The number of thiocarbonyl (C=S) groups is 1. The number of rotatable bonds is 7. The van der Waals surface area contributed by atoms with Crippen LogP contribution < -0.4 is 15.5 Å². The number of halogens is 1. The van der Waals surface area contributed by atoms with Gasteiger partial charge in [0.05, 0.1) is 34.2 Å². The normalized spacial score (nSPS) is 16.8. The molecule has 7 nitrogen and oxygen atoms in total. The maximum atomic E-state index is 12.1. The second-order valence-electron chi connectivity index (χ2n) is 10.0. The van der Waals surface area contributed by atoms with Gasteiger partial charge in [0.15, 0.2) is 5.11 Å². The largest absolute Gasteiger partial charge is 0.375 e. The van der Waals surface area contributed by atoms with Crippen molar-refractivity contribution in [1.29, 1.82) is 0 Å². The number of aromatic nitrogens is 2. The van der Waals surface area contributed by atoms with E-state index in [0.717, 1.165) is 28.3 Å². The zero-order valence-electron chi connectivity index (χ0n) is 23.2. The molecule has 1 aliphatic heterocycles. The number of para-hydroxylation sites is 1. The third-order valence-electron chi connectivity index (χ3n) is 7.33. The highest BCUT2D eigenvalue weighted by molar-refractivity contribution is 7.80. The van der Waals surface area contributed by atoms with Crippen LogP contribution in [0.2, 0.25) is 5.02 Å². The molecule has 0 saturated carbocycles.